The summed E-state index contributed by atoms with van der Waals surface area (Å²) < 4.78 is 0. The van der Waals surface area contributed by atoms with Gasteiger partial charge in [-0.1, -0.05) is 84.9 Å². The van der Waals surface area contributed by atoms with Crippen LogP contribution in [-0.2, 0) is 0 Å². The van der Waals surface area contributed by atoms with Crippen LogP contribution in [0.4, 0.5) is 5.69 Å². The van der Waals surface area contributed by atoms with Crippen LogP contribution in [0.2, 0.25) is 0 Å². The Balaban J connectivity index is 0.000000161. The molecule has 0 unspecified atom stereocenters. The number of aliphatic hydroxyl groups excluding tert-OH is 2. The van der Waals surface area contributed by atoms with Crippen LogP contribution in [0.5, 0.6) is 0 Å². The van der Waals surface area contributed by atoms with Crippen LogP contribution in [0.3, 0.4) is 0 Å². The minimum absolute atomic E-state index is 0.250. The summed E-state index contributed by atoms with van der Waals surface area (Å²) in [5, 5.41) is 22.4. The van der Waals surface area contributed by atoms with Crippen LogP contribution < -0.4 is 5.73 Å². The van der Waals surface area contributed by atoms with Gasteiger partial charge in [0.1, 0.15) is 0 Å². The lowest BCUT2D eigenvalue weighted by Crippen LogP contribution is -1.91. The number of benzene rings is 5. The summed E-state index contributed by atoms with van der Waals surface area (Å²) in [7, 11) is 0. The second kappa shape index (κ2) is 13.0. The number of hydrogen-bond donors (Lipinski definition) is 3. The van der Waals surface area contributed by atoms with E-state index < -0.39 is 0 Å². The van der Waals surface area contributed by atoms with Crippen LogP contribution in [0, 0.1) is 0 Å². The highest BCUT2D eigenvalue weighted by Gasteiger charge is 2.04. The van der Waals surface area contributed by atoms with E-state index in [9.17, 15) is 0 Å². The number of pyridine rings is 1. The molecule has 0 aliphatic rings. The summed E-state index contributed by atoms with van der Waals surface area (Å²) in [5.41, 5.74) is 8.84. The second-order valence-corrected chi connectivity index (χ2v) is 7.74. The number of rotatable bonds is 0. The molecule has 4 heteroatoms. The molecule has 4 N–H and O–H groups in total. The number of aliphatic hydroxyl groups is 2. The zero-order chi connectivity index (χ0) is 25.0. The summed E-state index contributed by atoms with van der Waals surface area (Å²) in [5.74, 6) is 0. The summed E-state index contributed by atoms with van der Waals surface area (Å²) in [6.07, 6.45) is 0. The van der Waals surface area contributed by atoms with Gasteiger partial charge in [-0.15, -0.1) is 0 Å². The van der Waals surface area contributed by atoms with E-state index in [-0.39, 0.29) is 13.2 Å². The largest absolute Gasteiger partial charge is 0.398 e. The van der Waals surface area contributed by atoms with Gasteiger partial charge in [0.2, 0.25) is 0 Å². The van der Waals surface area contributed by atoms with Gasteiger partial charge in [0.25, 0.3) is 0 Å². The summed E-state index contributed by atoms with van der Waals surface area (Å²) >= 11 is 0. The summed E-state index contributed by atoms with van der Waals surface area (Å²) in [4.78, 5) is 4.56. The van der Waals surface area contributed by atoms with Crippen LogP contribution in [-0.4, -0.2) is 28.4 Å². The maximum Gasteiger partial charge on any atom is 0.0730 e. The van der Waals surface area contributed by atoms with Crippen molar-refractivity contribution in [2.75, 3.05) is 18.9 Å². The van der Waals surface area contributed by atoms with Crippen LogP contribution in [0.25, 0.3) is 43.4 Å². The van der Waals surface area contributed by atoms with Crippen molar-refractivity contribution in [2.24, 2.45) is 0 Å². The molecule has 0 atom stereocenters. The highest BCUT2D eigenvalue weighted by molar-refractivity contribution is 6.06. The predicted molar refractivity (Wildman–Crippen MR) is 151 cm³/mol. The molecule has 4 nitrogen and oxygen atoms in total. The molecule has 0 aliphatic heterocycles. The number of anilines is 1. The molecular formula is C31H32N2O2. The third-order valence-corrected chi connectivity index (χ3v) is 5.24. The number of nitrogens with two attached hydrogens (primary N) is 1. The molecule has 1 heterocycles. The maximum atomic E-state index is 7.57. The molecule has 0 bridgehead atoms. The number of fused-ring (bicyclic) bond motifs is 4. The van der Waals surface area contributed by atoms with E-state index in [0.717, 1.165) is 27.5 Å². The van der Waals surface area contributed by atoms with Gasteiger partial charge in [0.15, 0.2) is 0 Å². The minimum Gasteiger partial charge on any atom is -0.398 e. The third kappa shape index (κ3) is 6.54. The highest BCUT2D eigenvalue weighted by Crippen LogP contribution is 2.27. The minimum atomic E-state index is 0.250. The average Bonchev–Trinajstić information content (AvgIpc) is 2.89. The molecule has 0 amide bonds. The lowest BCUT2D eigenvalue weighted by atomic mass is 10.0. The molecule has 0 saturated carbocycles. The highest BCUT2D eigenvalue weighted by atomic mass is 16.3. The number of nitrogens with zero attached hydrogens (tertiary/aromatic N) is 1. The Morgan fingerprint density at radius 3 is 1.17 bits per heavy atom. The van der Waals surface area contributed by atoms with Gasteiger partial charge in [0, 0.05) is 24.0 Å². The van der Waals surface area contributed by atoms with Gasteiger partial charge < -0.3 is 15.9 Å². The molecule has 0 fully saturated rings. The molecule has 0 saturated heterocycles. The Labute approximate surface area is 206 Å². The Hall–Kier alpha value is -3.99. The first-order valence-corrected chi connectivity index (χ1v) is 11.7. The smallest absolute Gasteiger partial charge is 0.0730 e. The van der Waals surface area contributed by atoms with E-state index in [1.807, 2.05) is 48.5 Å². The van der Waals surface area contributed by atoms with Crippen LogP contribution in [0.1, 0.15) is 13.8 Å². The number of nitrogen functional groups attached to an aromatic ring is 1. The fourth-order valence-corrected chi connectivity index (χ4v) is 3.76. The number of hydrogen-bond acceptors (Lipinski definition) is 4. The van der Waals surface area contributed by atoms with Gasteiger partial charge in [-0.05, 0) is 59.7 Å². The fraction of sp³-hybridized carbons (Fsp3) is 0.129. The van der Waals surface area contributed by atoms with Gasteiger partial charge in [0.05, 0.1) is 16.7 Å². The van der Waals surface area contributed by atoms with Gasteiger partial charge in [-0.25, -0.2) is 4.98 Å². The Morgan fingerprint density at radius 2 is 0.829 bits per heavy atom. The number of para-hydroxylation sites is 2. The molecule has 6 aromatic rings. The molecule has 35 heavy (non-hydrogen) atoms. The molecule has 6 rings (SSSR count). The number of aromatic nitrogens is 1. The molecule has 0 aliphatic carbocycles. The topological polar surface area (TPSA) is 79.4 Å². The van der Waals surface area contributed by atoms with Crippen molar-refractivity contribution in [1.82, 2.24) is 4.98 Å². The molecular weight excluding hydrogens is 432 g/mol. The van der Waals surface area contributed by atoms with Gasteiger partial charge >= 0.3 is 0 Å². The van der Waals surface area contributed by atoms with E-state index in [4.69, 9.17) is 15.9 Å². The fourth-order valence-electron chi connectivity index (χ4n) is 3.76. The van der Waals surface area contributed by atoms with Crippen molar-refractivity contribution < 1.29 is 10.2 Å². The molecule has 178 valence electrons. The van der Waals surface area contributed by atoms with E-state index >= 15 is 0 Å². The van der Waals surface area contributed by atoms with Crippen molar-refractivity contribution in [2.45, 2.75) is 13.8 Å². The van der Waals surface area contributed by atoms with Gasteiger partial charge in [-0.2, -0.15) is 0 Å². The first-order valence-electron chi connectivity index (χ1n) is 11.7. The SMILES string of the molecule is CCO.CCO.Nc1c2ccccc2nc2ccccc12.c1ccc2cc3ccccc3cc2c1. The standard InChI is InChI=1S/C14H10.C13H10N2.2C2H6O/c1-2-6-12-10-14-8-4-3-7-13(14)9-11(12)5-1;14-13-9-5-1-3-7-11(9)15-12-8-4-2-6-10(12)13;2*1-2-3/h1-10H;1-8H,(H2,14,15);2*3H,2H2,1H3. The summed E-state index contributed by atoms with van der Waals surface area (Å²) in [6.45, 7) is 3.86. The van der Waals surface area contributed by atoms with Crippen molar-refractivity contribution in [1.29, 1.82) is 0 Å². The van der Waals surface area contributed by atoms with E-state index in [2.05, 4.69) is 65.6 Å². The first-order chi connectivity index (χ1) is 17.1. The van der Waals surface area contributed by atoms with Crippen molar-refractivity contribution in [3.05, 3.63) is 109 Å². The predicted octanol–water partition coefficient (Wildman–Crippen LogP) is 6.96. The van der Waals surface area contributed by atoms with Crippen molar-refractivity contribution in [3.63, 3.8) is 0 Å². The van der Waals surface area contributed by atoms with Crippen LogP contribution >= 0.6 is 0 Å². The lowest BCUT2D eigenvalue weighted by molar-refractivity contribution is 0.318. The second-order valence-electron chi connectivity index (χ2n) is 7.74. The van der Waals surface area contributed by atoms with Crippen molar-refractivity contribution in [3.8, 4) is 0 Å². The summed E-state index contributed by atoms with van der Waals surface area (Å²) in [6, 6.07) is 37.3. The molecule has 0 spiro atoms. The van der Waals surface area contributed by atoms with Crippen LogP contribution in [0.15, 0.2) is 109 Å². The Bertz CT molecular complexity index is 1350. The van der Waals surface area contributed by atoms with Gasteiger partial charge in [-0.3, -0.25) is 0 Å². The normalized spacial score (nSPS) is 10.1. The van der Waals surface area contributed by atoms with E-state index in [0.29, 0.717) is 0 Å². The monoisotopic (exact) mass is 464 g/mol. The first kappa shape index (κ1) is 25.6. The van der Waals surface area contributed by atoms with Crippen molar-refractivity contribution >= 4 is 49.0 Å². The van der Waals surface area contributed by atoms with E-state index in [1.54, 1.807) is 13.8 Å². The molecule has 5 aromatic carbocycles. The molecule has 1 aromatic heterocycles. The molecule has 0 radical (unpaired) electrons. The quantitative estimate of drug-likeness (QED) is 0.212. The van der Waals surface area contributed by atoms with E-state index in [1.165, 1.54) is 21.5 Å². The zero-order valence-corrected chi connectivity index (χ0v) is 20.2. The average molecular weight is 465 g/mol. The Morgan fingerprint density at radius 1 is 0.543 bits per heavy atom. The Kier molecular flexibility index (Phi) is 9.55. The zero-order valence-electron chi connectivity index (χ0n) is 20.2. The maximum absolute atomic E-state index is 7.57. The third-order valence-electron chi connectivity index (χ3n) is 5.24. The lowest BCUT2D eigenvalue weighted by Gasteiger charge is -2.05.